The predicted octanol–water partition coefficient (Wildman–Crippen LogP) is 4.61. The van der Waals surface area contributed by atoms with Crippen molar-refractivity contribution in [2.75, 3.05) is 0 Å². The van der Waals surface area contributed by atoms with Crippen molar-refractivity contribution >= 4 is 12.1 Å². The fourth-order valence-electron chi connectivity index (χ4n) is 3.21. The highest BCUT2D eigenvalue weighted by atomic mass is 19.2. The largest absolute Gasteiger partial charge is 0.432 e. The number of nitrogens with zero attached hydrogens (tertiary/aromatic N) is 3. The Kier molecular flexibility index (Phi) is 3.06. The molecule has 2 aromatic carbocycles. The number of imidazole rings is 1. The summed E-state index contributed by atoms with van der Waals surface area (Å²) in [6, 6.07) is 7.03. The molecule has 0 bridgehead atoms. The number of rotatable bonds is 2. The van der Waals surface area contributed by atoms with Crippen LogP contribution >= 0.6 is 0 Å². The molecule has 0 amide bonds. The third-order valence-corrected chi connectivity index (χ3v) is 4.44. The zero-order valence-corrected chi connectivity index (χ0v) is 13.2. The van der Waals surface area contributed by atoms with E-state index in [0.29, 0.717) is 18.3 Å². The molecular formula is C19H10F3N3O. The van der Waals surface area contributed by atoms with Gasteiger partial charge in [-0.25, -0.2) is 13.2 Å². The number of aliphatic imine (C=N–C) groups is 1. The maximum absolute atomic E-state index is 14.4. The van der Waals surface area contributed by atoms with Crippen molar-refractivity contribution in [3.8, 4) is 22.5 Å². The average Bonchev–Trinajstić information content (AvgIpc) is 3.32. The molecule has 0 radical (unpaired) electrons. The summed E-state index contributed by atoms with van der Waals surface area (Å²) >= 11 is 0. The zero-order valence-electron chi connectivity index (χ0n) is 13.2. The van der Waals surface area contributed by atoms with Gasteiger partial charge in [-0.3, -0.25) is 9.39 Å². The molecule has 7 heteroatoms. The lowest BCUT2D eigenvalue weighted by Crippen LogP contribution is -1.95. The topological polar surface area (TPSA) is 42.8 Å². The molecule has 0 saturated heterocycles. The van der Waals surface area contributed by atoms with Gasteiger partial charge in [-0.1, -0.05) is 12.1 Å². The SMILES string of the molecule is Fc1cc(F)c(-c2nc3occn3c2-c2ccc3c(c2)CN=C3)cc1F. The molecule has 4 nitrogen and oxygen atoms in total. The predicted molar refractivity (Wildman–Crippen MR) is 89.5 cm³/mol. The standard InChI is InChI=1S/C19H10F3N3O/c20-14-7-16(22)15(21)6-13(14)17-18(25-3-4-26-19(25)24-17)10-1-2-11-8-23-9-12(11)5-10/h1-8H,9H2. The molecule has 128 valence electrons. The Bertz CT molecular complexity index is 1210. The molecule has 4 aromatic rings. The normalized spacial score (nSPS) is 12.9. The Morgan fingerprint density at radius 2 is 1.85 bits per heavy atom. The van der Waals surface area contributed by atoms with Crippen molar-refractivity contribution in [2.24, 2.45) is 4.99 Å². The number of aromatic nitrogens is 2. The van der Waals surface area contributed by atoms with E-state index in [2.05, 4.69) is 9.98 Å². The van der Waals surface area contributed by atoms with Crippen LogP contribution in [0.4, 0.5) is 13.2 Å². The van der Waals surface area contributed by atoms with Crippen LogP contribution in [0, 0.1) is 17.5 Å². The first-order valence-electron chi connectivity index (χ1n) is 7.85. The molecule has 1 aliphatic heterocycles. The second-order valence-electron chi connectivity index (χ2n) is 5.99. The van der Waals surface area contributed by atoms with Gasteiger partial charge in [0.2, 0.25) is 0 Å². The second-order valence-corrected chi connectivity index (χ2v) is 5.99. The van der Waals surface area contributed by atoms with Gasteiger partial charge in [0.25, 0.3) is 0 Å². The Labute approximate surface area is 145 Å². The Morgan fingerprint density at radius 3 is 2.73 bits per heavy atom. The van der Waals surface area contributed by atoms with Crippen LogP contribution in [0.5, 0.6) is 0 Å². The van der Waals surface area contributed by atoms with Crippen molar-refractivity contribution in [2.45, 2.75) is 6.54 Å². The molecule has 0 unspecified atom stereocenters. The van der Waals surface area contributed by atoms with Crippen LogP contribution in [0.3, 0.4) is 0 Å². The van der Waals surface area contributed by atoms with E-state index in [0.717, 1.165) is 22.8 Å². The number of fused-ring (bicyclic) bond motifs is 2. The van der Waals surface area contributed by atoms with Gasteiger partial charge in [0.15, 0.2) is 11.6 Å². The van der Waals surface area contributed by atoms with E-state index in [4.69, 9.17) is 4.42 Å². The van der Waals surface area contributed by atoms with Crippen LogP contribution in [-0.4, -0.2) is 15.6 Å². The van der Waals surface area contributed by atoms with Gasteiger partial charge >= 0.3 is 5.84 Å². The van der Waals surface area contributed by atoms with Crippen molar-refractivity contribution in [3.05, 3.63) is 71.4 Å². The summed E-state index contributed by atoms with van der Waals surface area (Å²) < 4.78 is 48.4. The molecular weight excluding hydrogens is 343 g/mol. The highest BCUT2D eigenvalue weighted by molar-refractivity contribution is 5.88. The van der Waals surface area contributed by atoms with E-state index in [-0.39, 0.29) is 17.1 Å². The quantitative estimate of drug-likeness (QED) is 0.494. The summed E-state index contributed by atoms with van der Waals surface area (Å²) in [5.41, 5.74) is 3.38. The maximum Gasteiger partial charge on any atom is 0.306 e. The van der Waals surface area contributed by atoms with Crippen LogP contribution in [-0.2, 0) is 6.54 Å². The van der Waals surface area contributed by atoms with Gasteiger partial charge in [0, 0.05) is 29.6 Å². The molecule has 26 heavy (non-hydrogen) atoms. The Morgan fingerprint density at radius 1 is 1.00 bits per heavy atom. The van der Waals surface area contributed by atoms with Crippen LogP contribution in [0.2, 0.25) is 0 Å². The number of halogens is 3. The summed E-state index contributed by atoms with van der Waals surface area (Å²) in [6.45, 7) is 0.561. The molecule has 0 spiro atoms. The minimum absolute atomic E-state index is 0.130. The summed E-state index contributed by atoms with van der Waals surface area (Å²) in [5, 5.41) is 0. The third-order valence-electron chi connectivity index (χ3n) is 4.44. The molecule has 2 aromatic heterocycles. The number of hydrogen-bond donors (Lipinski definition) is 0. The van der Waals surface area contributed by atoms with Crippen LogP contribution in [0.15, 0.2) is 52.2 Å². The van der Waals surface area contributed by atoms with E-state index in [1.54, 1.807) is 16.8 Å². The van der Waals surface area contributed by atoms with Crippen LogP contribution in [0.25, 0.3) is 28.4 Å². The minimum atomic E-state index is -1.25. The molecule has 0 atom stereocenters. The molecule has 5 rings (SSSR count). The van der Waals surface area contributed by atoms with E-state index in [1.165, 1.54) is 6.26 Å². The minimum Gasteiger partial charge on any atom is -0.432 e. The van der Waals surface area contributed by atoms with E-state index < -0.39 is 17.5 Å². The smallest absolute Gasteiger partial charge is 0.306 e. The number of oxazole rings is 1. The fourth-order valence-corrected chi connectivity index (χ4v) is 3.21. The average molecular weight is 353 g/mol. The first kappa shape index (κ1) is 14.9. The summed E-state index contributed by atoms with van der Waals surface area (Å²) in [7, 11) is 0. The summed E-state index contributed by atoms with van der Waals surface area (Å²) in [6.07, 6.45) is 4.88. The summed E-state index contributed by atoms with van der Waals surface area (Å²) in [5.74, 6) is -3.05. The van der Waals surface area contributed by atoms with Gasteiger partial charge in [-0.15, -0.1) is 0 Å². The first-order chi connectivity index (χ1) is 12.6. The first-order valence-corrected chi connectivity index (χ1v) is 7.85. The van der Waals surface area contributed by atoms with Crippen LogP contribution in [0.1, 0.15) is 11.1 Å². The van der Waals surface area contributed by atoms with Gasteiger partial charge in [0.1, 0.15) is 17.8 Å². The lowest BCUT2D eigenvalue weighted by molar-refractivity contribution is 0.496. The lowest BCUT2D eigenvalue weighted by atomic mass is 10.0. The Hall–Kier alpha value is -3.35. The number of hydrogen-bond acceptors (Lipinski definition) is 3. The van der Waals surface area contributed by atoms with Crippen molar-refractivity contribution in [1.82, 2.24) is 9.38 Å². The molecule has 0 aliphatic carbocycles. The molecule has 3 heterocycles. The van der Waals surface area contributed by atoms with Crippen molar-refractivity contribution < 1.29 is 17.6 Å². The molecule has 1 aliphatic rings. The summed E-state index contributed by atoms with van der Waals surface area (Å²) in [4.78, 5) is 8.51. The highest BCUT2D eigenvalue weighted by Crippen LogP contribution is 2.36. The third kappa shape index (κ3) is 2.10. The van der Waals surface area contributed by atoms with Gasteiger partial charge in [0.05, 0.1) is 12.2 Å². The van der Waals surface area contributed by atoms with Crippen molar-refractivity contribution in [3.63, 3.8) is 0 Å². The van der Waals surface area contributed by atoms with Gasteiger partial charge < -0.3 is 4.42 Å². The molecule has 0 saturated carbocycles. The van der Waals surface area contributed by atoms with Gasteiger partial charge in [-0.2, -0.15) is 4.98 Å². The highest BCUT2D eigenvalue weighted by Gasteiger charge is 2.23. The van der Waals surface area contributed by atoms with E-state index in [9.17, 15) is 13.2 Å². The van der Waals surface area contributed by atoms with E-state index >= 15 is 0 Å². The Balaban J connectivity index is 1.79. The van der Waals surface area contributed by atoms with E-state index in [1.807, 2.05) is 18.2 Å². The van der Waals surface area contributed by atoms with Gasteiger partial charge in [-0.05, 0) is 23.3 Å². The molecule has 0 fully saturated rings. The maximum atomic E-state index is 14.4. The van der Waals surface area contributed by atoms with Crippen molar-refractivity contribution in [1.29, 1.82) is 0 Å². The zero-order chi connectivity index (χ0) is 17.8. The number of benzene rings is 2. The molecule has 0 N–H and O–H groups in total. The monoisotopic (exact) mass is 353 g/mol. The fraction of sp³-hybridized carbons (Fsp3) is 0.0526. The van der Waals surface area contributed by atoms with Crippen LogP contribution < -0.4 is 0 Å². The lowest BCUT2D eigenvalue weighted by Gasteiger charge is -2.08. The second kappa shape index (κ2) is 5.32.